The maximum absolute atomic E-state index is 12.5. The number of nitrogens with one attached hydrogen (secondary N) is 1. The van der Waals surface area contributed by atoms with Gasteiger partial charge in [-0.3, -0.25) is 9.69 Å². The van der Waals surface area contributed by atoms with Gasteiger partial charge in [0.05, 0.1) is 6.20 Å². The topological polar surface area (TPSA) is 58.4 Å². The van der Waals surface area contributed by atoms with Crippen molar-refractivity contribution in [3.05, 3.63) is 42.3 Å². The Morgan fingerprint density at radius 1 is 1.26 bits per heavy atom. The van der Waals surface area contributed by atoms with Gasteiger partial charge in [0.25, 0.3) is 5.91 Å². The van der Waals surface area contributed by atoms with Gasteiger partial charge in [-0.05, 0) is 50.9 Å². The smallest absolute Gasteiger partial charge is 0.289 e. The lowest BCUT2D eigenvalue weighted by Gasteiger charge is -2.49. The predicted molar refractivity (Wildman–Crippen MR) is 87.0 cm³/mol. The highest BCUT2D eigenvalue weighted by Gasteiger charge is 2.40. The van der Waals surface area contributed by atoms with Gasteiger partial charge in [-0.2, -0.15) is 0 Å². The van der Waals surface area contributed by atoms with Crippen molar-refractivity contribution in [1.29, 1.82) is 0 Å². The Morgan fingerprint density at radius 3 is 2.70 bits per heavy atom. The van der Waals surface area contributed by atoms with Crippen molar-refractivity contribution in [3.63, 3.8) is 0 Å². The summed E-state index contributed by atoms with van der Waals surface area (Å²) in [6.07, 6.45) is 3.85. The van der Waals surface area contributed by atoms with E-state index in [4.69, 9.17) is 4.42 Å². The lowest BCUT2D eigenvalue weighted by atomic mass is 9.79. The highest BCUT2D eigenvalue weighted by molar-refractivity contribution is 5.91. The predicted octanol–water partition coefficient (Wildman–Crippen LogP) is 2.55. The fourth-order valence-corrected chi connectivity index (χ4v) is 3.86. The molecule has 1 aromatic carbocycles. The van der Waals surface area contributed by atoms with E-state index in [9.17, 15) is 4.79 Å². The van der Waals surface area contributed by atoms with E-state index in [1.165, 1.54) is 19.0 Å². The molecule has 2 aromatic rings. The van der Waals surface area contributed by atoms with Gasteiger partial charge >= 0.3 is 0 Å². The van der Waals surface area contributed by atoms with Gasteiger partial charge in [0.1, 0.15) is 0 Å². The number of fused-ring (bicyclic) bond motifs is 3. The number of hydrogen-bond acceptors (Lipinski definition) is 4. The van der Waals surface area contributed by atoms with Crippen molar-refractivity contribution in [2.75, 3.05) is 13.1 Å². The molecule has 3 fully saturated rings. The molecule has 2 bridgehead atoms. The van der Waals surface area contributed by atoms with Gasteiger partial charge in [-0.25, -0.2) is 4.98 Å². The summed E-state index contributed by atoms with van der Waals surface area (Å²) in [5.41, 5.74) is 0.878. The first-order chi connectivity index (χ1) is 11.2. The largest absolute Gasteiger partial charge is 0.431 e. The number of aromatic nitrogens is 1. The van der Waals surface area contributed by atoms with Gasteiger partial charge in [0, 0.05) is 17.6 Å². The Labute approximate surface area is 135 Å². The molecule has 1 N–H and O–H groups in total. The van der Waals surface area contributed by atoms with Gasteiger partial charge < -0.3 is 9.73 Å². The van der Waals surface area contributed by atoms with Crippen LogP contribution in [-0.4, -0.2) is 41.0 Å². The van der Waals surface area contributed by atoms with E-state index in [-0.39, 0.29) is 17.7 Å². The maximum atomic E-state index is 12.5. The zero-order valence-corrected chi connectivity index (χ0v) is 13.2. The van der Waals surface area contributed by atoms with Crippen molar-refractivity contribution in [2.45, 2.75) is 31.8 Å². The number of carbonyl (C=O) groups is 1. The summed E-state index contributed by atoms with van der Waals surface area (Å²) in [5.74, 6) is 1.19. The summed E-state index contributed by atoms with van der Waals surface area (Å²) in [4.78, 5) is 19.2. The van der Waals surface area contributed by atoms with Crippen LogP contribution >= 0.6 is 0 Å². The Balaban J connectivity index is 1.49. The number of benzene rings is 1. The van der Waals surface area contributed by atoms with Crippen LogP contribution < -0.4 is 5.32 Å². The molecular formula is C18H21N3O2. The molecule has 1 amide bonds. The maximum Gasteiger partial charge on any atom is 0.289 e. The van der Waals surface area contributed by atoms with Gasteiger partial charge in [0.2, 0.25) is 11.7 Å². The molecule has 3 aliphatic rings. The molecule has 3 saturated heterocycles. The lowest BCUT2D eigenvalue weighted by molar-refractivity contribution is 0.0211. The van der Waals surface area contributed by atoms with Crippen LogP contribution in [-0.2, 0) is 0 Å². The second-order valence-electron chi connectivity index (χ2n) is 6.51. The highest BCUT2D eigenvalue weighted by atomic mass is 16.4. The molecule has 23 heavy (non-hydrogen) atoms. The Morgan fingerprint density at radius 2 is 2.00 bits per heavy atom. The van der Waals surface area contributed by atoms with Crippen LogP contribution in [0.25, 0.3) is 11.5 Å². The van der Waals surface area contributed by atoms with E-state index in [2.05, 4.69) is 22.1 Å². The van der Waals surface area contributed by atoms with Crippen molar-refractivity contribution >= 4 is 5.91 Å². The molecule has 2 atom stereocenters. The Bertz CT molecular complexity index is 687. The minimum atomic E-state index is -0.162. The molecule has 0 spiro atoms. The van der Waals surface area contributed by atoms with Crippen LogP contribution in [0.15, 0.2) is 40.9 Å². The first-order valence-electron chi connectivity index (χ1n) is 8.28. The molecule has 1 aromatic heterocycles. The number of rotatable bonds is 3. The van der Waals surface area contributed by atoms with E-state index in [1.54, 1.807) is 0 Å². The first kappa shape index (κ1) is 14.5. The van der Waals surface area contributed by atoms with E-state index >= 15 is 0 Å². The average molecular weight is 311 g/mol. The normalized spacial score (nSPS) is 29.4. The van der Waals surface area contributed by atoms with E-state index in [1.807, 2.05) is 30.3 Å². The number of nitrogens with zero attached hydrogens (tertiary/aromatic N) is 2. The number of amides is 1. The Kier molecular flexibility index (Phi) is 3.65. The summed E-state index contributed by atoms with van der Waals surface area (Å²) in [6.45, 7) is 4.50. The molecule has 0 unspecified atom stereocenters. The second-order valence-corrected chi connectivity index (χ2v) is 6.51. The number of hydrogen-bond donors (Lipinski definition) is 1. The fraction of sp³-hybridized carbons (Fsp3) is 0.444. The summed E-state index contributed by atoms with van der Waals surface area (Å²) < 4.78 is 5.65. The van der Waals surface area contributed by atoms with E-state index in [0.29, 0.717) is 17.9 Å². The van der Waals surface area contributed by atoms with Gasteiger partial charge in [-0.1, -0.05) is 18.2 Å². The molecule has 5 nitrogen and oxygen atoms in total. The minimum absolute atomic E-state index is 0.162. The quantitative estimate of drug-likeness (QED) is 0.946. The highest BCUT2D eigenvalue weighted by Crippen LogP contribution is 2.32. The molecule has 0 radical (unpaired) electrons. The van der Waals surface area contributed by atoms with Crippen molar-refractivity contribution in [2.24, 2.45) is 5.92 Å². The average Bonchev–Trinajstić information content (AvgIpc) is 3.09. The standard InChI is InChI=1S/C18H21N3O2/c1-12-16(13-7-9-21(12)10-8-13)20-17(22)15-11-19-18(23-15)14-5-3-2-4-6-14/h2-6,11-13,16H,7-10H2,1H3,(H,20,22)/t12-,16-/m0/s1. The summed E-state index contributed by atoms with van der Waals surface area (Å²) in [6, 6.07) is 10.2. The van der Waals surface area contributed by atoms with Crippen LogP contribution in [0.3, 0.4) is 0 Å². The first-order valence-corrected chi connectivity index (χ1v) is 8.28. The van der Waals surface area contributed by atoms with Gasteiger partial charge in [-0.15, -0.1) is 0 Å². The molecule has 3 aliphatic heterocycles. The fourth-order valence-electron chi connectivity index (χ4n) is 3.86. The van der Waals surface area contributed by atoms with Crippen LogP contribution in [0.1, 0.15) is 30.3 Å². The SMILES string of the molecule is C[C@H]1[C@H](NC(=O)c2cnc(-c3ccccc3)o2)C2CCN1CC2. The third-order valence-electron chi connectivity index (χ3n) is 5.23. The molecule has 0 aliphatic carbocycles. The molecule has 5 rings (SSSR count). The number of carbonyl (C=O) groups excluding carboxylic acids is 1. The summed E-state index contributed by atoms with van der Waals surface area (Å²) in [5, 5.41) is 3.17. The van der Waals surface area contributed by atoms with Crippen LogP contribution in [0, 0.1) is 5.92 Å². The molecule has 0 saturated carbocycles. The van der Waals surface area contributed by atoms with Gasteiger partial charge in [0.15, 0.2) is 0 Å². The third kappa shape index (κ3) is 2.65. The molecule has 120 valence electrons. The van der Waals surface area contributed by atoms with Crippen LogP contribution in [0.4, 0.5) is 0 Å². The molecule has 5 heteroatoms. The number of piperidine rings is 3. The third-order valence-corrected chi connectivity index (χ3v) is 5.23. The molecule has 4 heterocycles. The molecular weight excluding hydrogens is 290 g/mol. The van der Waals surface area contributed by atoms with Crippen LogP contribution in [0.2, 0.25) is 0 Å². The van der Waals surface area contributed by atoms with Crippen molar-refractivity contribution < 1.29 is 9.21 Å². The van der Waals surface area contributed by atoms with E-state index in [0.717, 1.165) is 18.7 Å². The number of oxazole rings is 1. The zero-order valence-electron chi connectivity index (χ0n) is 13.2. The summed E-state index contributed by atoms with van der Waals surface area (Å²) in [7, 11) is 0. The van der Waals surface area contributed by atoms with E-state index < -0.39 is 0 Å². The minimum Gasteiger partial charge on any atom is -0.431 e. The lowest BCUT2D eigenvalue weighted by Crippen LogP contribution is -2.62. The van der Waals surface area contributed by atoms with Crippen LogP contribution in [0.5, 0.6) is 0 Å². The zero-order chi connectivity index (χ0) is 15.8. The van der Waals surface area contributed by atoms with Crippen molar-refractivity contribution in [3.8, 4) is 11.5 Å². The monoisotopic (exact) mass is 311 g/mol. The van der Waals surface area contributed by atoms with Crippen molar-refractivity contribution in [1.82, 2.24) is 15.2 Å². The Hall–Kier alpha value is -2.14. The second kappa shape index (κ2) is 5.81. The summed E-state index contributed by atoms with van der Waals surface area (Å²) >= 11 is 0.